The summed E-state index contributed by atoms with van der Waals surface area (Å²) in [5.74, 6) is -0.321. The van der Waals surface area contributed by atoms with Crippen LogP contribution in [-0.4, -0.2) is 34.7 Å². The maximum absolute atomic E-state index is 12.2. The van der Waals surface area contributed by atoms with Gasteiger partial charge in [-0.2, -0.15) is 0 Å². The number of Topliss-reactive ketones (excluding diaryl/α,β-unsaturated/α-hetero) is 1. The topological polar surface area (TPSA) is 71.5 Å². The van der Waals surface area contributed by atoms with Crippen molar-refractivity contribution in [1.82, 2.24) is 9.88 Å². The molecular formula is C13H11Ac2N2O3-. The number of aliphatic hydroxyl groups excluding tert-OH is 1. The molecule has 0 amide bonds. The Morgan fingerprint density at radius 2 is 1.95 bits per heavy atom. The molecule has 7 heteroatoms. The zero-order chi connectivity index (χ0) is 12.4. The number of carbonyl (C=O) groups excluding carboxylic acids is 2. The van der Waals surface area contributed by atoms with Crippen LogP contribution in [-0.2, 0) is 6.42 Å². The number of rotatable bonds is 1. The first-order chi connectivity index (χ1) is 8.66. The van der Waals surface area contributed by atoms with Crippen molar-refractivity contribution in [2.75, 3.05) is 13.1 Å². The Bertz CT molecular complexity index is 632. The summed E-state index contributed by atoms with van der Waals surface area (Å²) in [4.78, 5) is 30.5. The molecule has 1 aliphatic heterocycles. The molecule has 0 saturated carbocycles. The molecule has 1 aromatic rings. The van der Waals surface area contributed by atoms with Gasteiger partial charge in [-0.25, -0.2) is 0 Å². The number of aliphatic hydroxyl groups is 1. The third kappa shape index (κ3) is 2.56. The van der Waals surface area contributed by atoms with Gasteiger partial charge in [0.2, 0.25) is 0 Å². The van der Waals surface area contributed by atoms with E-state index >= 15 is 0 Å². The van der Waals surface area contributed by atoms with Gasteiger partial charge in [-0.15, -0.1) is 5.69 Å². The minimum absolute atomic E-state index is 0. The van der Waals surface area contributed by atoms with E-state index in [-0.39, 0.29) is 105 Å². The van der Waals surface area contributed by atoms with Crippen LogP contribution in [0.2, 0.25) is 0 Å². The number of aromatic nitrogens is 1. The monoisotopic (exact) mass is 697 g/mol. The molecular weight excluding hydrogens is 686 g/mol. The first-order valence-corrected chi connectivity index (χ1v) is 6.10. The Morgan fingerprint density at radius 3 is 2.60 bits per heavy atom. The van der Waals surface area contributed by atoms with Crippen molar-refractivity contribution in [3.63, 3.8) is 0 Å². The second-order valence-electron chi connectivity index (χ2n) is 4.96. The van der Waals surface area contributed by atoms with E-state index in [9.17, 15) is 14.7 Å². The summed E-state index contributed by atoms with van der Waals surface area (Å²) < 4.78 is 0. The largest absolute Gasteiger partial charge is 0.655 e. The third-order valence-corrected chi connectivity index (χ3v) is 3.81. The van der Waals surface area contributed by atoms with Crippen molar-refractivity contribution in [3.8, 4) is 0 Å². The van der Waals surface area contributed by atoms with Crippen molar-refractivity contribution < 1.29 is 103 Å². The van der Waals surface area contributed by atoms with Crippen LogP contribution in [0.5, 0.6) is 0 Å². The minimum Gasteiger partial charge on any atom is -0.655 e. The Labute approximate surface area is 187 Å². The van der Waals surface area contributed by atoms with Crippen molar-refractivity contribution in [2.45, 2.75) is 18.9 Å². The fourth-order valence-corrected chi connectivity index (χ4v) is 2.80. The number of carbonyl (C=O) groups is 2. The van der Waals surface area contributed by atoms with Gasteiger partial charge >= 0.3 is 0 Å². The van der Waals surface area contributed by atoms with Gasteiger partial charge in [0.05, 0.1) is 11.8 Å². The van der Waals surface area contributed by atoms with Crippen molar-refractivity contribution >= 4 is 11.6 Å². The number of allylic oxidation sites excluding steroid dienone is 2. The quantitative estimate of drug-likeness (QED) is 0.426. The minimum atomic E-state index is -0.629. The van der Waals surface area contributed by atoms with Crippen LogP contribution in [0.3, 0.4) is 0 Å². The van der Waals surface area contributed by atoms with Gasteiger partial charge in [0.1, 0.15) is 0 Å². The summed E-state index contributed by atoms with van der Waals surface area (Å²) >= 11 is 0. The van der Waals surface area contributed by atoms with E-state index in [0.717, 1.165) is 18.7 Å². The molecule has 0 spiro atoms. The Hall–Kier alpha value is 1.00. The molecule has 3 aliphatic rings. The molecule has 0 aromatic carbocycles. The normalized spacial score (nSPS) is 22.6. The average molecular weight is 697 g/mol. The van der Waals surface area contributed by atoms with Gasteiger partial charge in [-0.3, -0.25) is 9.59 Å². The third-order valence-electron chi connectivity index (χ3n) is 3.81. The Kier molecular flexibility index (Phi) is 5.42. The number of fused-ring (bicyclic) bond motifs is 3. The first kappa shape index (κ1) is 17.4. The summed E-state index contributed by atoms with van der Waals surface area (Å²) in [7, 11) is 0. The van der Waals surface area contributed by atoms with E-state index in [1.165, 1.54) is 6.08 Å². The van der Waals surface area contributed by atoms with Gasteiger partial charge in [-0.1, -0.05) is 11.3 Å². The van der Waals surface area contributed by atoms with E-state index in [1.807, 2.05) is 4.90 Å². The van der Waals surface area contributed by atoms with Crippen LogP contribution in [0.4, 0.5) is 0 Å². The van der Waals surface area contributed by atoms with Crippen LogP contribution in [0, 0.1) is 88.1 Å². The predicted octanol–water partition coefficient (Wildman–Crippen LogP) is 0.202. The van der Waals surface area contributed by atoms with Gasteiger partial charge in [0, 0.05) is 113 Å². The number of nitrogens with zero attached hydrogens (tertiary/aromatic N) is 2. The van der Waals surface area contributed by atoms with Crippen LogP contribution in [0.15, 0.2) is 11.8 Å². The first-order valence-electron chi connectivity index (χ1n) is 6.10. The summed E-state index contributed by atoms with van der Waals surface area (Å²) in [6.45, 7) is 1.65. The fraction of sp³-hybridized carbons (Fsp3) is 0.385. The maximum Gasteiger partial charge on any atom is 0.188 e. The van der Waals surface area contributed by atoms with Crippen molar-refractivity contribution in [2.24, 2.45) is 0 Å². The van der Waals surface area contributed by atoms with Gasteiger partial charge in [0.25, 0.3) is 0 Å². The SMILES string of the molecule is O=C1C(N2CC2)=CC(=O)c2c1[n-]c1c2CCC1O.[Ac].[Ac]. The van der Waals surface area contributed by atoms with Crippen molar-refractivity contribution in [3.05, 3.63) is 34.3 Å². The van der Waals surface area contributed by atoms with Gasteiger partial charge < -0.3 is 15.0 Å². The molecule has 2 radical (unpaired) electrons. The van der Waals surface area contributed by atoms with E-state index < -0.39 is 6.10 Å². The summed E-state index contributed by atoms with van der Waals surface area (Å²) in [6.07, 6.45) is 2.01. The van der Waals surface area contributed by atoms with Crippen LogP contribution >= 0.6 is 0 Å². The molecule has 2 aliphatic carbocycles. The molecule has 0 bridgehead atoms. The number of hydrogen-bond donors (Lipinski definition) is 1. The maximum atomic E-state index is 12.2. The predicted molar refractivity (Wildman–Crippen MR) is 61.4 cm³/mol. The Balaban J connectivity index is 0.000000735. The molecule has 1 unspecified atom stereocenters. The van der Waals surface area contributed by atoms with Gasteiger partial charge in [-0.05, 0) is 12.8 Å². The van der Waals surface area contributed by atoms with Gasteiger partial charge in [0.15, 0.2) is 11.6 Å². The van der Waals surface area contributed by atoms with E-state index in [1.54, 1.807) is 0 Å². The van der Waals surface area contributed by atoms with E-state index in [0.29, 0.717) is 29.8 Å². The molecule has 1 saturated heterocycles. The second kappa shape index (κ2) is 6.25. The van der Waals surface area contributed by atoms with E-state index in [4.69, 9.17) is 0 Å². The summed E-state index contributed by atoms with van der Waals surface area (Å²) in [5, 5.41) is 9.78. The average Bonchev–Trinajstić information content (AvgIpc) is 3.01. The molecule has 98 valence electrons. The molecule has 1 fully saturated rings. The molecule has 2 heterocycles. The number of hydrogen-bond acceptors (Lipinski definition) is 4. The molecule has 4 rings (SSSR count). The van der Waals surface area contributed by atoms with E-state index in [2.05, 4.69) is 4.98 Å². The molecule has 5 nitrogen and oxygen atoms in total. The van der Waals surface area contributed by atoms with Crippen LogP contribution in [0.25, 0.3) is 0 Å². The number of ketones is 2. The fourth-order valence-electron chi connectivity index (χ4n) is 2.80. The van der Waals surface area contributed by atoms with Crippen molar-refractivity contribution in [1.29, 1.82) is 0 Å². The second-order valence-corrected chi connectivity index (χ2v) is 4.96. The zero-order valence-electron chi connectivity index (χ0n) is 10.8. The molecule has 1 atom stereocenters. The molecule has 20 heavy (non-hydrogen) atoms. The summed E-state index contributed by atoms with van der Waals surface area (Å²) in [6, 6.07) is 0. The van der Waals surface area contributed by atoms with Crippen LogP contribution in [0.1, 0.15) is 44.6 Å². The Morgan fingerprint density at radius 1 is 1.25 bits per heavy atom. The molecule has 1 N–H and O–H groups in total. The molecule has 1 aromatic heterocycles. The zero-order valence-corrected chi connectivity index (χ0v) is 20.3. The standard InChI is InChI=1S/C13H12N2O3.2Ac/c16-8-2-1-6-10-9(17)5-7(15-3-4-15)13(18)12(10)14-11(6)8;;/h5,8,16H,1-4H2,(H,14,17,18);;/p-1. The summed E-state index contributed by atoms with van der Waals surface area (Å²) in [5.41, 5.74) is 2.43. The van der Waals surface area contributed by atoms with Crippen LogP contribution < -0.4 is 4.98 Å². The smallest absolute Gasteiger partial charge is 0.188 e.